The normalized spacial score (nSPS) is 53.5. The van der Waals surface area contributed by atoms with E-state index in [0.717, 1.165) is 25.2 Å². The van der Waals surface area contributed by atoms with Crippen LogP contribution in [0.3, 0.4) is 0 Å². The predicted octanol–water partition coefficient (Wildman–Crippen LogP) is 4.24. The first-order chi connectivity index (χ1) is 17.5. The molecule has 0 amide bonds. The van der Waals surface area contributed by atoms with E-state index in [1.165, 1.54) is 39.7 Å². The number of methoxy groups -OCH3 is 1. The molecule has 210 valence electrons. The van der Waals surface area contributed by atoms with Crippen LogP contribution in [0.2, 0.25) is 0 Å². The maximum Gasteiger partial charge on any atom is 0.303 e. The Hall–Kier alpha value is -0.990. The van der Waals surface area contributed by atoms with Gasteiger partial charge in [-0.15, -0.1) is 6.58 Å². The van der Waals surface area contributed by atoms with Gasteiger partial charge in [0.2, 0.25) is 0 Å². The lowest BCUT2D eigenvalue weighted by Crippen LogP contribution is -2.63. The number of esters is 1. The monoisotopic (exact) mass is 520 g/mol. The summed E-state index contributed by atoms with van der Waals surface area (Å²) in [6.45, 7) is 12.2. The minimum atomic E-state index is -0.950. The minimum Gasteiger partial charge on any atom is -0.454 e. The molecule has 1 heterocycles. The van der Waals surface area contributed by atoms with Crippen LogP contribution in [0.1, 0.15) is 79.1 Å². The Labute approximate surface area is 222 Å². The summed E-state index contributed by atoms with van der Waals surface area (Å²) < 4.78 is 23.8. The van der Waals surface area contributed by atoms with Crippen LogP contribution in [0.4, 0.5) is 0 Å². The number of fused-ring (bicyclic) bond motifs is 5. The van der Waals surface area contributed by atoms with Crippen molar-refractivity contribution in [2.75, 3.05) is 7.11 Å². The van der Waals surface area contributed by atoms with Crippen LogP contribution in [0.15, 0.2) is 12.7 Å². The Kier molecular flexibility index (Phi) is 7.60. The van der Waals surface area contributed by atoms with E-state index in [0.29, 0.717) is 29.6 Å². The second-order valence-corrected chi connectivity index (χ2v) is 13.2. The van der Waals surface area contributed by atoms with E-state index >= 15 is 0 Å². The van der Waals surface area contributed by atoms with Crippen molar-refractivity contribution in [2.45, 2.75) is 122 Å². The van der Waals surface area contributed by atoms with Gasteiger partial charge in [-0.25, -0.2) is 0 Å². The van der Waals surface area contributed by atoms with Gasteiger partial charge in [0.25, 0.3) is 0 Å². The summed E-state index contributed by atoms with van der Waals surface area (Å²) in [5.41, 5.74) is 0.452. The van der Waals surface area contributed by atoms with Gasteiger partial charge in [0.15, 0.2) is 12.4 Å². The Morgan fingerprint density at radius 2 is 1.62 bits per heavy atom. The molecule has 14 unspecified atom stereocenters. The van der Waals surface area contributed by atoms with Gasteiger partial charge < -0.3 is 29.2 Å². The van der Waals surface area contributed by atoms with Crippen molar-refractivity contribution >= 4 is 5.97 Å². The lowest BCUT2D eigenvalue weighted by Gasteiger charge is -2.62. The van der Waals surface area contributed by atoms with Crippen molar-refractivity contribution < 1.29 is 34.0 Å². The molecule has 5 aliphatic rings. The van der Waals surface area contributed by atoms with Crippen LogP contribution in [-0.4, -0.2) is 66.2 Å². The maximum absolute atomic E-state index is 11.9. The highest BCUT2D eigenvalue weighted by Crippen LogP contribution is 2.67. The summed E-state index contributed by atoms with van der Waals surface area (Å²) in [4.78, 5) is 11.9. The molecule has 0 aromatic carbocycles. The molecule has 4 aliphatic carbocycles. The molecule has 14 atom stereocenters. The van der Waals surface area contributed by atoms with E-state index < -0.39 is 48.9 Å². The molecule has 0 radical (unpaired) electrons. The molecule has 1 saturated heterocycles. The van der Waals surface area contributed by atoms with Crippen molar-refractivity contribution in [1.29, 1.82) is 0 Å². The summed E-state index contributed by atoms with van der Waals surface area (Å²) >= 11 is 0. The molecule has 0 aromatic heterocycles. The number of rotatable bonds is 5. The molecule has 5 fully saturated rings. The van der Waals surface area contributed by atoms with Gasteiger partial charge in [-0.1, -0.05) is 19.9 Å². The van der Waals surface area contributed by atoms with Crippen LogP contribution < -0.4 is 0 Å². The SMILES string of the molecule is C=CC1CCC2C3CCC4C(OC5OC(C)C(O)C(OC)C5OC(C)=O)C(O)CCC4(C)C3CCC12C. The van der Waals surface area contributed by atoms with Crippen molar-refractivity contribution in [3.8, 4) is 0 Å². The van der Waals surface area contributed by atoms with E-state index in [2.05, 4.69) is 26.5 Å². The molecule has 0 bridgehead atoms. The fourth-order valence-corrected chi connectivity index (χ4v) is 9.74. The topological polar surface area (TPSA) is 94.5 Å². The third kappa shape index (κ3) is 4.41. The number of ether oxygens (including phenoxy) is 4. The van der Waals surface area contributed by atoms with E-state index in [9.17, 15) is 15.0 Å². The smallest absolute Gasteiger partial charge is 0.303 e. The zero-order chi connectivity index (χ0) is 26.7. The molecule has 0 spiro atoms. The molecule has 37 heavy (non-hydrogen) atoms. The summed E-state index contributed by atoms with van der Waals surface area (Å²) in [5, 5.41) is 21.9. The van der Waals surface area contributed by atoms with Gasteiger partial charge in [0.1, 0.15) is 12.2 Å². The number of hydrogen-bond acceptors (Lipinski definition) is 7. The zero-order valence-electron chi connectivity index (χ0n) is 23.3. The van der Waals surface area contributed by atoms with Gasteiger partial charge in [0.05, 0.1) is 18.3 Å². The first kappa shape index (κ1) is 27.6. The summed E-state index contributed by atoms with van der Waals surface area (Å²) in [6.07, 6.45) is 6.01. The molecule has 5 rings (SSSR count). The number of aliphatic hydroxyl groups excluding tert-OH is 2. The van der Waals surface area contributed by atoms with E-state index in [1.807, 2.05) is 0 Å². The fourth-order valence-electron chi connectivity index (χ4n) is 9.74. The lowest BCUT2D eigenvalue weighted by molar-refractivity contribution is -0.330. The second kappa shape index (κ2) is 10.2. The molecule has 7 heteroatoms. The van der Waals surface area contributed by atoms with Gasteiger partial charge in [-0.3, -0.25) is 4.79 Å². The van der Waals surface area contributed by atoms with Crippen LogP contribution in [-0.2, 0) is 23.7 Å². The highest BCUT2D eigenvalue weighted by Gasteiger charge is 2.62. The van der Waals surface area contributed by atoms with Crippen LogP contribution in [0, 0.1) is 40.4 Å². The quantitative estimate of drug-likeness (QED) is 0.414. The number of carbonyl (C=O) groups is 1. The molecular weight excluding hydrogens is 472 g/mol. The first-order valence-corrected chi connectivity index (χ1v) is 14.5. The summed E-state index contributed by atoms with van der Waals surface area (Å²) in [6, 6.07) is 0. The van der Waals surface area contributed by atoms with Crippen molar-refractivity contribution in [1.82, 2.24) is 0 Å². The first-order valence-electron chi connectivity index (χ1n) is 14.5. The Balaban J connectivity index is 1.39. The summed E-state index contributed by atoms with van der Waals surface area (Å²) in [7, 11) is 1.49. The van der Waals surface area contributed by atoms with Crippen LogP contribution >= 0.6 is 0 Å². The third-order valence-electron chi connectivity index (χ3n) is 11.7. The predicted molar refractivity (Wildman–Crippen MR) is 138 cm³/mol. The van der Waals surface area contributed by atoms with E-state index in [4.69, 9.17) is 18.9 Å². The van der Waals surface area contributed by atoms with Crippen molar-refractivity contribution in [2.24, 2.45) is 40.4 Å². The standard InChI is InChI=1S/C30H48O7/c1-7-18-8-10-20-19-9-11-22-25(23(32)13-15-30(22,5)21(19)12-14-29(18,20)4)37-28-27(36-17(3)31)26(34-6)24(33)16(2)35-28/h7,16,18-28,32-33H,1,8-15H2,2-6H3. The Morgan fingerprint density at radius 1 is 0.946 bits per heavy atom. The van der Waals surface area contributed by atoms with Crippen LogP contribution in [0.5, 0.6) is 0 Å². The minimum absolute atomic E-state index is 0.0811. The Morgan fingerprint density at radius 3 is 2.30 bits per heavy atom. The molecule has 4 saturated carbocycles. The molecule has 0 aromatic rings. The number of carbonyl (C=O) groups excluding carboxylic acids is 1. The van der Waals surface area contributed by atoms with Crippen molar-refractivity contribution in [3.63, 3.8) is 0 Å². The van der Waals surface area contributed by atoms with Gasteiger partial charge in [-0.05, 0) is 98.7 Å². The van der Waals surface area contributed by atoms with E-state index in [-0.39, 0.29) is 11.3 Å². The zero-order valence-corrected chi connectivity index (χ0v) is 23.3. The lowest BCUT2D eigenvalue weighted by atomic mass is 9.44. The maximum atomic E-state index is 11.9. The van der Waals surface area contributed by atoms with Gasteiger partial charge in [0, 0.05) is 14.0 Å². The Bertz CT molecular complexity index is 863. The third-order valence-corrected chi connectivity index (χ3v) is 11.7. The second-order valence-electron chi connectivity index (χ2n) is 13.2. The number of aliphatic hydroxyl groups is 2. The highest BCUT2D eigenvalue weighted by molar-refractivity contribution is 5.66. The fraction of sp³-hybridized carbons (Fsp3) is 0.900. The number of allylic oxidation sites excluding steroid dienone is 1. The van der Waals surface area contributed by atoms with E-state index in [1.54, 1.807) is 6.92 Å². The van der Waals surface area contributed by atoms with Gasteiger partial charge >= 0.3 is 5.97 Å². The van der Waals surface area contributed by atoms with Gasteiger partial charge in [-0.2, -0.15) is 0 Å². The molecule has 7 nitrogen and oxygen atoms in total. The molecule has 2 N–H and O–H groups in total. The average Bonchev–Trinajstić information content (AvgIpc) is 3.20. The average molecular weight is 521 g/mol. The largest absolute Gasteiger partial charge is 0.454 e. The van der Waals surface area contributed by atoms with Crippen LogP contribution in [0.25, 0.3) is 0 Å². The highest BCUT2D eigenvalue weighted by atomic mass is 16.7. The molecular formula is C30H48O7. The van der Waals surface area contributed by atoms with Crippen molar-refractivity contribution in [3.05, 3.63) is 12.7 Å². The summed E-state index contributed by atoms with van der Waals surface area (Å²) in [5.74, 6) is 2.42. The number of hydrogen-bond donors (Lipinski definition) is 2. The molecule has 1 aliphatic heterocycles.